The van der Waals surface area contributed by atoms with Gasteiger partial charge >= 0.3 is 17.9 Å². The minimum absolute atomic E-state index is 0.00685. The number of carbonyl (C=O) groups is 3. The van der Waals surface area contributed by atoms with Gasteiger partial charge < -0.3 is 32.2 Å². The first-order valence-corrected chi connectivity index (χ1v) is 34.7. The van der Waals surface area contributed by atoms with Crippen molar-refractivity contribution in [2.24, 2.45) is 17.3 Å². The van der Waals surface area contributed by atoms with Crippen LogP contribution in [0.1, 0.15) is 142 Å². The molecule has 16 heteroatoms. The highest BCUT2D eigenvalue weighted by Gasteiger charge is 2.51. The summed E-state index contributed by atoms with van der Waals surface area (Å²) >= 11 is 0. The lowest BCUT2D eigenvalue weighted by molar-refractivity contribution is -0.384. The zero-order valence-electron chi connectivity index (χ0n) is 46.4. The van der Waals surface area contributed by atoms with Crippen LogP contribution in [0, 0.1) is 27.4 Å². The zero-order chi connectivity index (χ0) is 53.2. The van der Waals surface area contributed by atoms with E-state index < -0.39 is 71.0 Å². The van der Waals surface area contributed by atoms with Gasteiger partial charge in [0.25, 0.3) is 5.69 Å². The quantitative estimate of drug-likeness (QED) is 0.0245. The predicted octanol–water partition coefficient (Wildman–Crippen LogP) is 14.0. The van der Waals surface area contributed by atoms with Crippen LogP contribution in [0.3, 0.4) is 0 Å². The molecule has 2 aliphatic rings. The number of rotatable bonds is 19. The average molecular weight is 1040 g/mol. The van der Waals surface area contributed by atoms with Gasteiger partial charge in [-0.1, -0.05) is 106 Å². The van der Waals surface area contributed by atoms with Gasteiger partial charge in [-0.3, -0.25) is 24.5 Å². The Morgan fingerprint density at radius 2 is 1.37 bits per heavy atom. The van der Waals surface area contributed by atoms with Crippen molar-refractivity contribution < 1.29 is 51.5 Å². The minimum Gasteiger partial charge on any atom is -0.466 e. The predicted molar refractivity (Wildman–Crippen MR) is 291 cm³/mol. The van der Waals surface area contributed by atoms with E-state index >= 15 is 0 Å². The molecule has 9 unspecified atom stereocenters. The molecule has 0 radical (unpaired) electrons. The Balaban J connectivity index is 2.21. The lowest BCUT2D eigenvalue weighted by Crippen LogP contribution is -2.46. The van der Waals surface area contributed by atoms with Crippen LogP contribution in [0.5, 0.6) is 5.75 Å². The van der Waals surface area contributed by atoms with Crippen molar-refractivity contribution in [3.05, 3.63) is 70.3 Å². The molecule has 2 heterocycles. The second kappa shape index (κ2) is 28.4. The first-order valence-electron chi connectivity index (χ1n) is 27.1. The number of esters is 3. The topological polar surface area (TPSA) is 162 Å². The number of hydrogen-bond acceptors (Lipinski definition) is 12. The molecule has 71 heavy (non-hydrogen) atoms. The first kappa shape index (κ1) is 62.0. The molecule has 3 rings (SSSR count). The van der Waals surface area contributed by atoms with Crippen LogP contribution in [-0.4, -0.2) is 90.5 Å². The number of nitro benzene ring substituents is 1. The number of fused-ring (bicyclic) bond motifs is 1. The van der Waals surface area contributed by atoms with E-state index in [1.807, 2.05) is 6.08 Å². The standard InChI is InChI=1S/C55H93NO12Si3/c1-16-69(17-2,18-3)66-47-33-36-55(15,53(59)64-46-30-28-45(29-31-46)56(60)61)50(63-44(13)57)32-27-42(11)38-41(10)26-25-35-54(14,68-71(22-7,23-8)24-9)40-49-52(65-49)43(12)48(34-37-62-51(58)39-47)67-70(19-4,20-5)21-6/h25-32,35,42-43,47-50,52H,16-24,33-34,36-40H2,1-15H3/b32-27+,35-25+,41-26+. The van der Waals surface area contributed by atoms with Crippen molar-refractivity contribution in [1.29, 1.82) is 0 Å². The fraction of sp³-hybridized carbons (Fsp3) is 0.727. The molecular weight excluding hydrogens is 951 g/mol. The van der Waals surface area contributed by atoms with Gasteiger partial charge in [0, 0.05) is 37.8 Å². The summed E-state index contributed by atoms with van der Waals surface area (Å²) in [6.07, 6.45) is 10.6. The number of carbonyl (C=O) groups excluding carboxylic acids is 3. The lowest BCUT2D eigenvalue weighted by atomic mass is 9.78. The van der Waals surface area contributed by atoms with Gasteiger partial charge in [0.1, 0.15) is 17.3 Å². The highest BCUT2D eigenvalue weighted by atomic mass is 28.4. The summed E-state index contributed by atoms with van der Waals surface area (Å²) in [4.78, 5) is 52.6. The molecule has 1 fully saturated rings. The molecule has 0 amide bonds. The molecule has 9 atom stereocenters. The van der Waals surface area contributed by atoms with Crippen LogP contribution in [0.25, 0.3) is 0 Å². The fourth-order valence-electron chi connectivity index (χ4n) is 10.4. The Hall–Kier alpha value is -3.26. The SMILES string of the molecule is CC[Si](CC)(CC)OC1CCC(C)(C(=O)Oc2ccc([N+](=O)[O-])cc2)C(OC(C)=O)/C=C/C(C)C/C(C)=C/C=C/C(C)(O[Si](CC)(CC)CC)CC2OC2C(C)C(O[Si](CC)(CC)CC)CCOC(=O)C1. The highest BCUT2D eigenvalue weighted by molar-refractivity contribution is 6.74. The maximum Gasteiger partial charge on any atom is 0.321 e. The van der Waals surface area contributed by atoms with Crippen LogP contribution in [0.2, 0.25) is 54.4 Å². The summed E-state index contributed by atoms with van der Waals surface area (Å²) in [7, 11) is -6.48. The van der Waals surface area contributed by atoms with Crippen LogP contribution < -0.4 is 4.74 Å². The zero-order valence-corrected chi connectivity index (χ0v) is 49.4. The van der Waals surface area contributed by atoms with E-state index in [1.165, 1.54) is 31.2 Å². The molecule has 0 saturated carbocycles. The molecule has 0 spiro atoms. The van der Waals surface area contributed by atoms with Crippen molar-refractivity contribution in [3.63, 3.8) is 0 Å². The van der Waals surface area contributed by atoms with Crippen LogP contribution >= 0.6 is 0 Å². The molecule has 1 aromatic carbocycles. The van der Waals surface area contributed by atoms with Crippen molar-refractivity contribution in [1.82, 2.24) is 0 Å². The van der Waals surface area contributed by atoms with Gasteiger partial charge in [0.15, 0.2) is 25.0 Å². The Morgan fingerprint density at radius 3 is 1.90 bits per heavy atom. The average Bonchev–Trinajstić information content (AvgIpc) is 4.11. The maximum absolute atomic E-state index is 14.7. The Bertz CT molecular complexity index is 1920. The number of epoxide rings is 1. The van der Waals surface area contributed by atoms with Crippen LogP contribution in [-0.2, 0) is 41.9 Å². The monoisotopic (exact) mass is 1040 g/mol. The van der Waals surface area contributed by atoms with E-state index in [9.17, 15) is 24.5 Å². The molecule has 1 aromatic rings. The van der Waals surface area contributed by atoms with Gasteiger partial charge in [-0.25, -0.2) is 0 Å². The molecular formula is C55H93NO12Si3. The largest absolute Gasteiger partial charge is 0.466 e. The van der Waals surface area contributed by atoms with E-state index in [1.54, 1.807) is 13.0 Å². The normalized spacial score (nSPS) is 29.5. The molecule has 13 nitrogen and oxygen atoms in total. The highest BCUT2D eigenvalue weighted by Crippen LogP contribution is 2.43. The van der Waals surface area contributed by atoms with Gasteiger partial charge in [-0.05, 0) is 119 Å². The molecule has 0 aliphatic carbocycles. The fourth-order valence-corrected chi connectivity index (χ4v) is 19.4. The van der Waals surface area contributed by atoms with Gasteiger partial charge in [-0.15, -0.1) is 0 Å². The van der Waals surface area contributed by atoms with Crippen molar-refractivity contribution in [2.45, 2.75) is 233 Å². The number of non-ortho nitro benzene ring substituents is 1. The smallest absolute Gasteiger partial charge is 0.321 e. The maximum atomic E-state index is 14.7. The number of benzene rings is 1. The van der Waals surface area contributed by atoms with E-state index in [-0.39, 0.29) is 67.5 Å². The Labute approximate surface area is 431 Å². The third kappa shape index (κ3) is 18.0. The number of nitrogens with zero attached hydrogens (tertiary/aromatic N) is 1. The van der Waals surface area contributed by atoms with Crippen LogP contribution in [0.15, 0.2) is 60.2 Å². The molecule has 0 aromatic heterocycles. The summed E-state index contributed by atoms with van der Waals surface area (Å²) in [5, 5.41) is 11.4. The van der Waals surface area contributed by atoms with Gasteiger partial charge in [0.2, 0.25) is 0 Å². The van der Waals surface area contributed by atoms with E-state index in [4.69, 9.17) is 32.2 Å². The number of allylic oxidation sites excluding steroid dienone is 4. The second-order valence-electron chi connectivity index (χ2n) is 21.0. The van der Waals surface area contributed by atoms with Gasteiger partial charge in [-0.2, -0.15) is 0 Å². The van der Waals surface area contributed by atoms with Gasteiger partial charge in [0.05, 0.1) is 48.0 Å². The van der Waals surface area contributed by atoms with E-state index in [0.29, 0.717) is 19.3 Å². The van der Waals surface area contributed by atoms with Crippen LogP contribution in [0.4, 0.5) is 5.69 Å². The number of hydrogen-bond donors (Lipinski definition) is 0. The molecule has 0 bridgehead atoms. The van der Waals surface area contributed by atoms with Crippen molar-refractivity contribution >= 4 is 48.5 Å². The Kier molecular flexibility index (Phi) is 24.8. The first-order chi connectivity index (χ1) is 33.5. The van der Waals surface area contributed by atoms with E-state index in [2.05, 4.69) is 108 Å². The number of cyclic esters (lactones) is 1. The summed E-state index contributed by atoms with van der Waals surface area (Å²) < 4.78 is 46.4. The summed E-state index contributed by atoms with van der Waals surface area (Å²) in [6.45, 7) is 31.6. The van der Waals surface area contributed by atoms with Crippen molar-refractivity contribution in [2.75, 3.05) is 6.61 Å². The third-order valence-corrected chi connectivity index (χ3v) is 30.3. The van der Waals surface area contributed by atoms with E-state index in [0.717, 1.165) is 60.0 Å². The second-order valence-corrected chi connectivity index (χ2v) is 35.2. The number of ether oxygens (including phenoxy) is 4. The molecule has 402 valence electrons. The third-order valence-electron chi connectivity index (χ3n) is 16.2. The Morgan fingerprint density at radius 1 is 0.803 bits per heavy atom. The lowest BCUT2D eigenvalue weighted by Gasteiger charge is -2.39. The minimum atomic E-state index is -2.32. The summed E-state index contributed by atoms with van der Waals surface area (Å²) in [5.41, 5.74) is -1.07. The molecule has 1 saturated heterocycles. The summed E-state index contributed by atoms with van der Waals surface area (Å²) in [6, 6.07) is 13.8. The molecule has 2 aliphatic heterocycles. The number of nitro groups is 1. The summed E-state index contributed by atoms with van der Waals surface area (Å²) in [5.74, 6) is -1.54. The van der Waals surface area contributed by atoms with Crippen molar-refractivity contribution in [3.8, 4) is 5.75 Å². The molecule has 0 N–H and O–H groups in total.